The van der Waals surface area contributed by atoms with E-state index in [1.54, 1.807) is 6.33 Å². The first-order valence-electron chi connectivity index (χ1n) is 12.5. The molecule has 0 radical (unpaired) electrons. The van der Waals surface area contributed by atoms with E-state index in [0.29, 0.717) is 12.6 Å². The molecule has 1 unspecified atom stereocenters. The van der Waals surface area contributed by atoms with Gasteiger partial charge in [0.2, 0.25) is 0 Å². The van der Waals surface area contributed by atoms with Gasteiger partial charge in [0.15, 0.2) is 0 Å². The Morgan fingerprint density at radius 2 is 2.00 bits per heavy atom. The van der Waals surface area contributed by atoms with Crippen molar-refractivity contribution in [1.29, 1.82) is 0 Å². The molecule has 0 saturated carbocycles. The Morgan fingerprint density at radius 1 is 1.05 bits per heavy atom. The number of hydrogen-bond acceptors (Lipinski definition) is 8. The van der Waals surface area contributed by atoms with E-state index < -0.39 is 0 Å². The maximum atomic E-state index is 6.19. The molecule has 0 amide bonds. The number of nitrogens with one attached hydrogen (secondary N) is 2. The summed E-state index contributed by atoms with van der Waals surface area (Å²) in [6.45, 7) is 5.57. The van der Waals surface area contributed by atoms with Crippen molar-refractivity contribution < 1.29 is 9.47 Å². The number of aromatic nitrogens is 4. The highest BCUT2D eigenvalue weighted by atomic mass is 16.5. The monoisotopic (exact) mass is 493 g/mol. The maximum absolute atomic E-state index is 6.19. The number of aryl methyl sites for hydroxylation is 2. The fraction of sp³-hybridized carbons (Fsp3) is 0.250. The number of rotatable bonds is 4. The molecule has 2 N–H and O–H groups in total. The van der Waals surface area contributed by atoms with E-state index in [2.05, 4.69) is 42.6 Å². The first-order chi connectivity index (χ1) is 18.1. The van der Waals surface area contributed by atoms with Gasteiger partial charge in [0.05, 0.1) is 34.6 Å². The van der Waals surface area contributed by atoms with Gasteiger partial charge in [-0.1, -0.05) is 0 Å². The van der Waals surface area contributed by atoms with Crippen molar-refractivity contribution >= 4 is 39.1 Å². The van der Waals surface area contributed by atoms with Crippen LogP contribution in [0.3, 0.4) is 0 Å². The lowest BCUT2D eigenvalue weighted by atomic mass is 10.1. The first-order valence-corrected chi connectivity index (χ1v) is 12.5. The van der Waals surface area contributed by atoms with E-state index in [4.69, 9.17) is 9.47 Å². The van der Waals surface area contributed by atoms with E-state index in [0.717, 1.165) is 81.6 Å². The van der Waals surface area contributed by atoms with Crippen LogP contribution >= 0.6 is 0 Å². The summed E-state index contributed by atoms with van der Waals surface area (Å²) in [4.78, 5) is 15.9. The Balaban J connectivity index is 1.17. The van der Waals surface area contributed by atoms with Gasteiger partial charge in [-0.05, 0) is 48.9 Å². The molecule has 186 valence electrons. The minimum absolute atomic E-state index is 0.341. The quantitative estimate of drug-likeness (QED) is 0.378. The van der Waals surface area contributed by atoms with E-state index in [-0.39, 0.29) is 0 Å². The summed E-state index contributed by atoms with van der Waals surface area (Å²) in [6, 6.07) is 16.5. The van der Waals surface area contributed by atoms with Crippen LogP contribution in [0.5, 0.6) is 17.2 Å². The van der Waals surface area contributed by atoms with Crippen molar-refractivity contribution in [3.63, 3.8) is 0 Å². The molecule has 4 heterocycles. The van der Waals surface area contributed by atoms with Crippen LogP contribution in [0, 0.1) is 6.92 Å². The van der Waals surface area contributed by atoms with Gasteiger partial charge in [0.25, 0.3) is 0 Å². The van der Waals surface area contributed by atoms with Crippen molar-refractivity contribution in [3.8, 4) is 17.2 Å². The van der Waals surface area contributed by atoms with Gasteiger partial charge >= 0.3 is 0 Å². The molecule has 1 fully saturated rings. The molecule has 2 aliphatic heterocycles. The van der Waals surface area contributed by atoms with Crippen molar-refractivity contribution in [2.45, 2.75) is 13.0 Å². The van der Waals surface area contributed by atoms with Crippen molar-refractivity contribution in [3.05, 3.63) is 66.7 Å². The van der Waals surface area contributed by atoms with Crippen molar-refractivity contribution in [2.75, 3.05) is 36.5 Å². The predicted molar refractivity (Wildman–Crippen MR) is 144 cm³/mol. The third-order valence-corrected chi connectivity index (χ3v) is 7.17. The standard InChI is InChI=1S/C28H27N7O2/c1-17-9-18(3-6-26(17)37-20-4-5-24-23(10-20)32-16-34(24)2)33-28-21-11-25-27(12-22(21)30-15-31-28)36-14-19-13-29-7-8-35(19)25/h3-6,9-12,15-16,19,29H,7-8,13-14H2,1-2H3,(H,30,31,33). The second kappa shape index (κ2) is 8.63. The number of ether oxygens (including phenoxy) is 2. The third-order valence-electron chi connectivity index (χ3n) is 7.17. The molecular weight excluding hydrogens is 466 g/mol. The molecular formula is C28H27N7O2. The van der Waals surface area contributed by atoms with Gasteiger partial charge in [0, 0.05) is 49.9 Å². The first kappa shape index (κ1) is 21.9. The fourth-order valence-electron chi connectivity index (χ4n) is 5.21. The van der Waals surface area contributed by atoms with Crippen LogP contribution in [-0.2, 0) is 7.05 Å². The van der Waals surface area contributed by atoms with Crippen molar-refractivity contribution in [2.24, 2.45) is 7.05 Å². The van der Waals surface area contributed by atoms with Crippen LogP contribution in [0.25, 0.3) is 21.9 Å². The lowest BCUT2D eigenvalue weighted by molar-refractivity contribution is 0.247. The second-order valence-corrected chi connectivity index (χ2v) is 9.64. The predicted octanol–water partition coefficient (Wildman–Crippen LogP) is 4.53. The van der Waals surface area contributed by atoms with Crippen LogP contribution < -0.4 is 25.0 Å². The molecule has 0 spiro atoms. The third kappa shape index (κ3) is 3.88. The number of nitrogens with zero attached hydrogens (tertiary/aromatic N) is 5. The summed E-state index contributed by atoms with van der Waals surface area (Å²) in [5.41, 5.74) is 5.88. The average molecular weight is 494 g/mol. The maximum Gasteiger partial charge on any atom is 0.144 e. The number of anilines is 3. The van der Waals surface area contributed by atoms with Crippen LogP contribution in [0.2, 0.25) is 0 Å². The van der Waals surface area contributed by atoms with Gasteiger partial charge in [0.1, 0.15) is 36.0 Å². The molecule has 9 nitrogen and oxygen atoms in total. The van der Waals surface area contributed by atoms with Crippen LogP contribution in [0.1, 0.15) is 5.56 Å². The SMILES string of the molecule is Cc1cc(Nc2ncnc3cc4c(cc23)N2CCNCC2CO4)ccc1Oc1ccc2c(c1)ncn2C. The van der Waals surface area contributed by atoms with Gasteiger partial charge in [-0.25, -0.2) is 15.0 Å². The van der Waals surface area contributed by atoms with E-state index >= 15 is 0 Å². The Labute approximate surface area is 214 Å². The van der Waals surface area contributed by atoms with Gasteiger partial charge in [-0.15, -0.1) is 0 Å². The molecule has 9 heteroatoms. The highest BCUT2D eigenvalue weighted by Crippen LogP contribution is 2.39. The summed E-state index contributed by atoms with van der Waals surface area (Å²) in [5.74, 6) is 3.20. The smallest absolute Gasteiger partial charge is 0.144 e. The summed E-state index contributed by atoms with van der Waals surface area (Å²) in [5, 5.41) is 7.91. The zero-order valence-corrected chi connectivity index (χ0v) is 20.7. The number of piperazine rings is 1. The minimum Gasteiger partial charge on any atom is -0.489 e. The Kier molecular flexibility index (Phi) is 5.10. The molecule has 1 atom stereocenters. The Morgan fingerprint density at radius 3 is 2.92 bits per heavy atom. The molecule has 7 rings (SSSR count). The van der Waals surface area contributed by atoms with E-state index in [1.165, 1.54) is 0 Å². The number of imidazole rings is 1. The summed E-state index contributed by atoms with van der Waals surface area (Å²) < 4.78 is 14.3. The molecule has 5 aromatic rings. The van der Waals surface area contributed by atoms with E-state index in [1.807, 2.05) is 61.3 Å². The van der Waals surface area contributed by atoms with Crippen LogP contribution in [0.4, 0.5) is 17.2 Å². The number of benzene rings is 3. The van der Waals surface area contributed by atoms with E-state index in [9.17, 15) is 0 Å². The normalized spacial score (nSPS) is 16.8. The summed E-state index contributed by atoms with van der Waals surface area (Å²) >= 11 is 0. The molecule has 1 saturated heterocycles. The molecule has 2 aromatic heterocycles. The second-order valence-electron chi connectivity index (χ2n) is 9.64. The van der Waals surface area contributed by atoms with Crippen molar-refractivity contribution in [1.82, 2.24) is 24.8 Å². The Hall–Kier alpha value is -4.37. The highest BCUT2D eigenvalue weighted by Gasteiger charge is 2.30. The largest absolute Gasteiger partial charge is 0.489 e. The lowest BCUT2D eigenvalue weighted by Crippen LogP contribution is -2.55. The number of hydrogen-bond donors (Lipinski definition) is 2. The highest BCUT2D eigenvalue weighted by molar-refractivity contribution is 5.95. The summed E-state index contributed by atoms with van der Waals surface area (Å²) in [7, 11) is 1.98. The molecule has 37 heavy (non-hydrogen) atoms. The molecule has 3 aromatic carbocycles. The lowest BCUT2D eigenvalue weighted by Gasteiger charge is -2.42. The molecule has 2 aliphatic rings. The Bertz CT molecular complexity index is 1650. The number of fused-ring (bicyclic) bond motifs is 5. The molecule has 0 aliphatic carbocycles. The van der Waals surface area contributed by atoms with Crippen LogP contribution in [0.15, 0.2) is 61.2 Å². The fourth-order valence-corrected chi connectivity index (χ4v) is 5.21. The van der Waals surface area contributed by atoms with Crippen LogP contribution in [-0.4, -0.2) is 51.8 Å². The van der Waals surface area contributed by atoms with Gasteiger partial charge in [-0.3, -0.25) is 0 Å². The van der Waals surface area contributed by atoms with Gasteiger partial charge < -0.3 is 29.6 Å². The average Bonchev–Trinajstić information content (AvgIpc) is 3.29. The zero-order valence-electron chi connectivity index (χ0n) is 20.7. The zero-order chi connectivity index (χ0) is 24.9. The minimum atomic E-state index is 0.341. The van der Waals surface area contributed by atoms with Gasteiger partial charge in [-0.2, -0.15) is 0 Å². The summed E-state index contributed by atoms with van der Waals surface area (Å²) in [6.07, 6.45) is 3.40. The molecule has 0 bridgehead atoms. The topological polar surface area (TPSA) is 89.4 Å².